The Hall–Kier alpha value is -7.16. The van der Waals surface area contributed by atoms with Crippen molar-refractivity contribution in [2.24, 2.45) is 0 Å². The highest BCUT2D eigenvalue weighted by Crippen LogP contribution is 2.61. The van der Waals surface area contributed by atoms with Crippen LogP contribution >= 0.6 is 59.4 Å². The van der Waals surface area contributed by atoms with E-state index in [-0.39, 0.29) is 112 Å². The van der Waals surface area contributed by atoms with Crippen molar-refractivity contribution in [3.63, 3.8) is 0 Å². The summed E-state index contributed by atoms with van der Waals surface area (Å²) >= 11 is 37.8. The zero-order chi connectivity index (χ0) is 106. The highest BCUT2D eigenvalue weighted by atomic mass is 32.7. The number of aryl methyl sites for hydroxylation is 4. The lowest BCUT2D eigenvalue weighted by atomic mass is 10.1. The van der Waals surface area contributed by atoms with E-state index < -0.39 is 267 Å². The molecule has 7 saturated heterocycles. The van der Waals surface area contributed by atoms with Crippen LogP contribution in [0.3, 0.4) is 0 Å². The number of pyridine rings is 1. The van der Waals surface area contributed by atoms with Gasteiger partial charge in [-0.1, -0.05) is 19.2 Å². The van der Waals surface area contributed by atoms with Crippen LogP contribution in [0.1, 0.15) is 124 Å². The number of nitrogens with two attached hydrogens (primary N) is 5. The monoisotopic (exact) mass is 2330 g/mol. The van der Waals surface area contributed by atoms with Crippen LogP contribution in [-0.4, -0.2) is 253 Å². The van der Waals surface area contributed by atoms with Crippen LogP contribution in [0.2, 0.25) is 0 Å². The molecule has 0 bridgehead atoms. The predicted octanol–water partition coefficient (Wildman–Crippen LogP) is 1.66. The van der Waals surface area contributed by atoms with Gasteiger partial charge in [-0.2, -0.15) is 15.0 Å². The molecule has 7 aliphatic rings. The predicted molar refractivity (Wildman–Crippen MR) is 537 cm³/mol. The van der Waals surface area contributed by atoms with Gasteiger partial charge in [0.15, 0.2) is 28.1 Å². The standard InChI is InChI=1S/C73H97N24O36P7S7/c1-7-35-36(9-50(120-35)91-16-30(2)60(75)85-70(91)102)128-135(107,142)114-21-44-38(10-51(121-44)92-17-31(3)61(76)86-71(92)103)129-138(110,145)119-25-48-42(15-55(125-48)96-28-82-58-62(77)79-26-80-63(58)96)133-140(112,147)117-23-46-40(12-53(123-46)94-19-33(5)66(99)90-73(94)105)131-137(109,144)118-24-47-41(13-54(124-47)95-27-81-57-34(95)8-49(74)84-67(57)100)132-139(111,146)116-22-45-39(11-52(122-45)93-18-32(4)65(98)89-72(93)104)130-136(108,143)115-20-43-37(127-134(106,141)113-6)14-56(126-43)97-29-83-59-64(97)87-69(78)88-68(59)101/h8,16-19,26-29,35-48,50-56H,7,9-15,20-25H2,1-6H3,(H,106,141)(H,107,142)(H,108,143)(H,109,144)(H,110,145)(H,111,146)(H,112,147)(H3,74,84,100)(H2,75,85,102)(H2,76,86,103)(H2,77,79,80)(H,89,98,104)(H,90,99,105)(H3,78,87,88,101)/t35-,36-,37-,38-,39-,40-,41-,42-,43-,44-,45-,46-,47-,48-,50-,51-,52-,53-,54-,55-,56-,134?,135?,136?,137?,138?,139?,140?/m1/s1. The Morgan fingerprint density at radius 2 is 0.707 bits per heavy atom. The SMILES string of the molecule is CC[C@H]1O[C@@H](n2cc(C)c(N)nc2=O)C[C@H]1OP(O)(=S)OC[C@H]1O[C@@H](n2cc(C)c(N)nc2=O)C[C@H]1OP(=O)(S)OC[C@H]1O[C@@H](n2cnc3c(N)ncnc32)C[C@H]1OP(O)(=S)OC[C@H]1O[C@@H](n2cc(C)c(=O)[nH]c2=O)C[C@H]1OP(O)(=S)OC[C@H]1O[C@@H](n2cnc3c(=O)[nH]c(N)cc32)C[C@H]1OP(O)(=S)OC[C@H]1O[C@@H](n2cc(C)c(=O)[nH]c2=O)C[C@H]1OP(O)(=S)OC[C@H]1O[C@@H](n2cnc3c(=O)[nH]c(N)nc32)C[C@H]1OP(O)(=S)OC. The second kappa shape index (κ2) is 44.4. The normalized spacial score (nSPS) is 29.4. The highest BCUT2D eigenvalue weighted by Gasteiger charge is 2.52. The van der Waals surface area contributed by atoms with Crippen LogP contribution in [0.4, 0.5) is 29.2 Å². The first-order chi connectivity index (χ1) is 69.2. The number of imidazole rings is 3. The first-order valence-electron chi connectivity index (χ1n) is 44.2. The average Bonchev–Trinajstić information content (AvgIpc) is 1.64. The van der Waals surface area contributed by atoms with E-state index in [1.54, 1.807) is 20.8 Å². The van der Waals surface area contributed by atoms with Crippen LogP contribution in [0.25, 0.3) is 33.4 Å². The summed E-state index contributed by atoms with van der Waals surface area (Å²) in [4.78, 5) is 219. The number of H-pyrrole nitrogens is 4. The summed E-state index contributed by atoms with van der Waals surface area (Å²) < 4.78 is 152. The molecule has 147 heavy (non-hydrogen) atoms. The molecule has 0 aliphatic carbocycles. The van der Waals surface area contributed by atoms with Gasteiger partial charge in [0.2, 0.25) is 5.95 Å². The molecular weight excluding hydrogens is 2230 g/mol. The summed E-state index contributed by atoms with van der Waals surface area (Å²) in [5.74, 6) is -0.405. The van der Waals surface area contributed by atoms with Crippen LogP contribution in [0.5, 0.6) is 0 Å². The van der Waals surface area contributed by atoms with Gasteiger partial charge in [-0.25, -0.2) is 48.7 Å². The molecule has 10 aromatic heterocycles. The van der Waals surface area contributed by atoms with Crippen molar-refractivity contribution in [2.45, 2.75) is 215 Å². The zero-order valence-corrected chi connectivity index (χ0v) is 89.3. The maximum atomic E-state index is 14.9. The molecule has 0 saturated carbocycles. The number of hydrogen-bond acceptors (Lipinski definition) is 49. The first-order valence-corrected chi connectivity index (χ1v) is 62.4. The molecular formula is C73H97N24O36P7S7. The summed E-state index contributed by atoms with van der Waals surface area (Å²) in [5.41, 5.74) is 25.0. The van der Waals surface area contributed by atoms with Crippen molar-refractivity contribution >= 4 is 193 Å². The highest BCUT2D eigenvalue weighted by molar-refractivity contribution is 8.44. The van der Waals surface area contributed by atoms with E-state index in [0.29, 0.717) is 17.5 Å². The maximum absolute atomic E-state index is 14.9. The fraction of sp³-hybridized carbons (Fsp3) is 0.562. The van der Waals surface area contributed by atoms with Gasteiger partial charge in [-0.15, -0.1) is 0 Å². The fourth-order valence-corrected chi connectivity index (χ4v) is 27.1. The molecule has 0 aromatic carbocycles. The second-order valence-electron chi connectivity index (χ2n) is 34.5. The van der Waals surface area contributed by atoms with Crippen molar-refractivity contribution in [1.82, 2.24) is 91.8 Å². The Kier molecular flexibility index (Phi) is 33.5. The van der Waals surface area contributed by atoms with E-state index >= 15 is 0 Å². The lowest BCUT2D eigenvalue weighted by molar-refractivity contribution is -0.0568. The number of nitrogens with zero attached hydrogens (tertiary/aromatic N) is 15. The molecule has 20 N–H and O–H groups in total. The Labute approximate surface area is 861 Å². The Bertz CT molecular complexity index is 7590. The average molecular weight is 2330 g/mol. The third-order valence-electron chi connectivity index (χ3n) is 24.4. The molecule has 60 nitrogen and oxygen atoms in total. The van der Waals surface area contributed by atoms with Crippen LogP contribution in [-0.2, 0) is 172 Å². The van der Waals surface area contributed by atoms with Gasteiger partial charge < -0.3 is 155 Å². The minimum Gasteiger partial charge on any atom is -0.385 e. The Morgan fingerprint density at radius 3 is 1.12 bits per heavy atom. The minimum atomic E-state index is -4.78. The number of ether oxygens (including phenoxy) is 7. The van der Waals surface area contributed by atoms with Gasteiger partial charge in [0.05, 0.1) is 107 Å². The van der Waals surface area contributed by atoms with Crippen LogP contribution < -0.4 is 73.7 Å². The summed E-state index contributed by atoms with van der Waals surface area (Å²) in [7, 11) is 1.11. The quantitative estimate of drug-likeness (QED) is 0.0191. The lowest BCUT2D eigenvalue weighted by Crippen LogP contribution is -2.33. The number of hydrogen-bond donors (Lipinski definition) is 16. The van der Waals surface area contributed by atoms with E-state index in [0.717, 1.165) is 27.1 Å². The van der Waals surface area contributed by atoms with Crippen molar-refractivity contribution in [3.8, 4) is 0 Å². The third-order valence-corrected chi connectivity index (χ3v) is 35.7. The van der Waals surface area contributed by atoms with E-state index in [9.17, 15) is 72.3 Å². The van der Waals surface area contributed by atoms with E-state index in [1.807, 2.05) is 0 Å². The molecule has 7 unspecified atom stereocenters. The molecule has 10 aromatic rings. The smallest absolute Gasteiger partial charge is 0.385 e. The molecule has 17 rings (SSSR count). The van der Waals surface area contributed by atoms with Gasteiger partial charge in [-0.3, -0.25) is 70.6 Å². The molecule has 802 valence electrons. The summed E-state index contributed by atoms with van der Waals surface area (Å²) in [6, 6.07) is 1.38. The largest absolute Gasteiger partial charge is 0.386 e. The lowest BCUT2D eigenvalue weighted by Gasteiger charge is -2.28. The van der Waals surface area contributed by atoms with Crippen LogP contribution in [0, 0.1) is 27.7 Å². The number of fused-ring (bicyclic) bond motifs is 3. The summed E-state index contributed by atoms with van der Waals surface area (Å²) in [6.07, 6.45) is -18.1. The number of rotatable bonds is 41. The first kappa shape index (κ1) is 111. The number of nitrogen functional groups attached to an aromatic ring is 5. The number of nitrogens with one attached hydrogen (secondary N) is 4. The van der Waals surface area contributed by atoms with Crippen molar-refractivity contribution in [1.29, 1.82) is 0 Å². The number of anilines is 5. The maximum Gasteiger partial charge on any atom is 0.386 e. The molecule has 28 atom stereocenters. The molecule has 74 heteroatoms. The van der Waals surface area contributed by atoms with E-state index in [1.165, 1.54) is 82.0 Å². The molecule has 0 spiro atoms. The topological polar surface area (TPSA) is 800 Å². The molecule has 0 radical (unpaired) electrons. The van der Waals surface area contributed by atoms with Crippen molar-refractivity contribution < 1.29 is 130 Å². The van der Waals surface area contributed by atoms with Gasteiger partial charge in [0, 0.05) is 105 Å². The van der Waals surface area contributed by atoms with Gasteiger partial charge in [-0.05, 0) is 105 Å². The van der Waals surface area contributed by atoms with Gasteiger partial charge >= 0.3 is 69.9 Å². The number of thiol groups is 1. The molecule has 17 heterocycles. The van der Waals surface area contributed by atoms with Gasteiger partial charge in [0.1, 0.15) is 116 Å². The fourth-order valence-electron chi connectivity index (χ4n) is 17.3. The molecule has 7 aliphatic heterocycles. The Morgan fingerprint density at radius 1 is 0.381 bits per heavy atom. The third kappa shape index (κ3) is 25.7. The van der Waals surface area contributed by atoms with E-state index in [4.69, 9.17) is 196 Å². The summed E-state index contributed by atoms with van der Waals surface area (Å²) in [6.45, 7) is -28.5. The Balaban J connectivity index is 0.585. The molecule has 0 amide bonds. The summed E-state index contributed by atoms with van der Waals surface area (Å²) in [5, 5.41) is 0. The zero-order valence-electron chi connectivity index (χ0n) is 77.3. The second-order valence-corrected chi connectivity index (χ2v) is 54.2. The van der Waals surface area contributed by atoms with Gasteiger partial charge in [0.25, 0.3) is 22.2 Å². The van der Waals surface area contributed by atoms with Crippen molar-refractivity contribution in [3.05, 3.63) is 162 Å². The number of aromatic nitrogens is 19. The van der Waals surface area contributed by atoms with Crippen molar-refractivity contribution in [2.75, 3.05) is 75.4 Å². The minimum absolute atomic E-state index is 0.00444. The van der Waals surface area contributed by atoms with E-state index in [2.05, 4.69) is 72.1 Å². The molecule has 7 fully saturated rings. The van der Waals surface area contributed by atoms with Crippen LogP contribution in [0.15, 0.2) is 94.5 Å². The number of aromatic amines is 4.